The molecular weight excluding hydrogens is 266 g/mol. The molecule has 1 aliphatic heterocycles. The zero-order valence-corrected chi connectivity index (χ0v) is 12.1. The first kappa shape index (κ1) is 13.5. The molecule has 4 nitrogen and oxygen atoms in total. The normalized spacial score (nSPS) is 17.3. The van der Waals surface area contributed by atoms with Gasteiger partial charge in [0.05, 0.1) is 26.7 Å². The molecular formula is C17H17NO3. The lowest BCUT2D eigenvalue weighted by Crippen LogP contribution is -2.46. The number of carbonyl (C=O) groups excluding carboxylic acids is 1. The minimum Gasteiger partial charge on any atom is -0.497 e. The van der Waals surface area contributed by atoms with Gasteiger partial charge in [-0.05, 0) is 42.0 Å². The third-order valence-electron chi connectivity index (χ3n) is 3.80. The fourth-order valence-electron chi connectivity index (χ4n) is 2.58. The summed E-state index contributed by atoms with van der Waals surface area (Å²) in [5.41, 5.74) is 2.01. The van der Waals surface area contributed by atoms with Crippen LogP contribution in [0.4, 0.5) is 5.69 Å². The number of carbonyl (C=O) groups is 1. The smallest absolute Gasteiger partial charge is 0.230 e. The maximum atomic E-state index is 12.0. The lowest BCUT2D eigenvalue weighted by atomic mass is 9.93. The van der Waals surface area contributed by atoms with Gasteiger partial charge in [0, 0.05) is 5.69 Å². The average molecular weight is 283 g/mol. The van der Waals surface area contributed by atoms with Crippen LogP contribution >= 0.6 is 0 Å². The van der Waals surface area contributed by atoms with Gasteiger partial charge in [-0.1, -0.05) is 12.1 Å². The van der Waals surface area contributed by atoms with Crippen molar-refractivity contribution in [3.05, 3.63) is 54.1 Å². The first-order valence-corrected chi connectivity index (χ1v) is 6.83. The molecule has 2 aromatic rings. The summed E-state index contributed by atoms with van der Waals surface area (Å²) in [6, 6.07) is 15.5. The standard InChI is InChI=1S/C17H17NO3/c1-20-14-7-3-12(4-8-14)16-11-17(19)18(16)13-5-9-15(21-2)10-6-13/h3-10,16H,11H2,1-2H3. The van der Waals surface area contributed by atoms with Gasteiger partial charge in [0.2, 0.25) is 5.91 Å². The summed E-state index contributed by atoms with van der Waals surface area (Å²) in [4.78, 5) is 13.8. The van der Waals surface area contributed by atoms with E-state index < -0.39 is 0 Å². The Hall–Kier alpha value is -2.49. The largest absolute Gasteiger partial charge is 0.497 e. The van der Waals surface area contributed by atoms with Crippen molar-refractivity contribution in [1.82, 2.24) is 0 Å². The number of hydrogen-bond donors (Lipinski definition) is 0. The van der Waals surface area contributed by atoms with Crippen molar-refractivity contribution in [2.45, 2.75) is 12.5 Å². The van der Waals surface area contributed by atoms with Crippen LogP contribution in [0.5, 0.6) is 11.5 Å². The average Bonchev–Trinajstić information content (AvgIpc) is 2.53. The molecule has 21 heavy (non-hydrogen) atoms. The van der Waals surface area contributed by atoms with Gasteiger partial charge in [0.1, 0.15) is 11.5 Å². The molecule has 2 aromatic carbocycles. The van der Waals surface area contributed by atoms with Crippen LogP contribution < -0.4 is 14.4 Å². The fraction of sp³-hybridized carbons (Fsp3) is 0.235. The number of anilines is 1. The first-order chi connectivity index (χ1) is 10.2. The van der Waals surface area contributed by atoms with Gasteiger partial charge in [-0.3, -0.25) is 4.79 Å². The zero-order valence-electron chi connectivity index (χ0n) is 12.1. The summed E-state index contributed by atoms with van der Waals surface area (Å²) in [6.07, 6.45) is 0.540. The van der Waals surface area contributed by atoms with E-state index in [0.29, 0.717) is 6.42 Å². The van der Waals surface area contributed by atoms with Gasteiger partial charge in [0.25, 0.3) is 0 Å². The number of β-lactam (4-membered cyclic amide) rings is 1. The molecule has 1 heterocycles. The maximum Gasteiger partial charge on any atom is 0.230 e. The van der Waals surface area contributed by atoms with E-state index in [1.165, 1.54) is 0 Å². The molecule has 4 heteroatoms. The lowest BCUT2D eigenvalue weighted by Gasteiger charge is -2.40. The van der Waals surface area contributed by atoms with E-state index in [1.54, 1.807) is 14.2 Å². The molecule has 1 atom stereocenters. The number of rotatable bonds is 4. The number of benzene rings is 2. The second-order valence-corrected chi connectivity index (χ2v) is 4.95. The van der Waals surface area contributed by atoms with E-state index >= 15 is 0 Å². The molecule has 3 rings (SSSR count). The Morgan fingerprint density at radius 1 is 0.905 bits per heavy atom. The van der Waals surface area contributed by atoms with Gasteiger partial charge in [-0.2, -0.15) is 0 Å². The van der Waals surface area contributed by atoms with Crippen molar-refractivity contribution in [1.29, 1.82) is 0 Å². The Kier molecular flexibility index (Phi) is 3.52. The number of amides is 1. The van der Waals surface area contributed by atoms with Crippen molar-refractivity contribution < 1.29 is 14.3 Å². The van der Waals surface area contributed by atoms with Crippen LogP contribution in [0.25, 0.3) is 0 Å². The van der Waals surface area contributed by atoms with Gasteiger partial charge < -0.3 is 14.4 Å². The molecule has 1 saturated heterocycles. The zero-order chi connectivity index (χ0) is 14.8. The van der Waals surface area contributed by atoms with Crippen molar-refractivity contribution >= 4 is 11.6 Å². The molecule has 0 spiro atoms. The van der Waals surface area contributed by atoms with E-state index in [9.17, 15) is 4.79 Å². The molecule has 1 amide bonds. The molecule has 0 bridgehead atoms. The Balaban J connectivity index is 1.84. The van der Waals surface area contributed by atoms with Crippen molar-refractivity contribution in [3.63, 3.8) is 0 Å². The quantitative estimate of drug-likeness (QED) is 0.809. The minimum atomic E-state index is 0.0943. The van der Waals surface area contributed by atoms with Crippen LogP contribution in [-0.4, -0.2) is 20.1 Å². The molecule has 0 aliphatic carbocycles. The Morgan fingerprint density at radius 3 is 1.90 bits per heavy atom. The van der Waals surface area contributed by atoms with E-state index in [2.05, 4.69) is 0 Å². The summed E-state index contributed by atoms with van der Waals surface area (Å²) in [5.74, 6) is 1.74. The number of hydrogen-bond acceptors (Lipinski definition) is 3. The highest BCUT2D eigenvalue weighted by atomic mass is 16.5. The summed E-state index contributed by atoms with van der Waals surface area (Å²) < 4.78 is 10.3. The van der Waals surface area contributed by atoms with Crippen LogP contribution in [-0.2, 0) is 4.79 Å². The lowest BCUT2D eigenvalue weighted by molar-refractivity contribution is -0.124. The van der Waals surface area contributed by atoms with Gasteiger partial charge in [-0.15, -0.1) is 0 Å². The number of methoxy groups -OCH3 is 2. The van der Waals surface area contributed by atoms with E-state index in [4.69, 9.17) is 9.47 Å². The fourth-order valence-corrected chi connectivity index (χ4v) is 2.58. The van der Waals surface area contributed by atoms with E-state index in [1.807, 2.05) is 53.4 Å². The summed E-state index contributed by atoms with van der Waals surface area (Å²) in [5, 5.41) is 0. The predicted molar refractivity (Wildman–Crippen MR) is 80.8 cm³/mol. The molecule has 1 aliphatic rings. The molecule has 0 radical (unpaired) electrons. The topological polar surface area (TPSA) is 38.8 Å². The number of ether oxygens (including phenoxy) is 2. The van der Waals surface area contributed by atoms with Gasteiger partial charge >= 0.3 is 0 Å². The molecule has 1 fully saturated rings. The molecule has 108 valence electrons. The summed E-state index contributed by atoms with van der Waals surface area (Å²) in [6.45, 7) is 0. The predicted octanol–water partition coefficient (Wildman–Crippen LogP) is 3.18. The van der Waals surface area contributed by atoms with Crippen molar-refractivity contribution in [2.75, 3.05) is 19.1 Å². The van der Waals surface area contributed by atoms with E-state index in [-0.39, 0.29) is 11.9 Å². The molecule has 0 aromatic heterocycles. The van der Waals surface area contributed by atoms with Crippen LogP contribution in [0.15, 0.2) is 48.5 Å². The van der Waals surface area contributed by atoms with Gasteiger partial charge in [-0.25, -0.2) is 0 Å². The summed E-state index contributed by atoms with van der Waals surface area (Å²) in [7, 11) is 3.27. The molecule has 0 N–H and O–H groups in total. The highest BCUT2D eigenvalue weighted by Gasteiger charge is 2.38. The van der Waals surface area contributed by atoms with Crippen LogP contribution in [0, 0.1) is 0 Å². The second kappa shape index (κ2) is 5.48. The van der Waals surface area contributed by atoms with Crippen molar-refractivity contribution in [3.8, 4) is 11.5 Å². The Bertz CT molecular complexity index is 634. The monoisotopic (exact) mass is 283 g/mol. The van der Waals surface area contributed by atoms with Crippen LogP contribution in [0.3, 0.4) is 0 Å². The highest BCUT2D eigenvalue weighted by molar-refractivity contribution is 6.01. The van der Waals surface area contributed by atoms with Crippen molar-refractivity contribution in [2.24, 2.45) is 0 Å². The minimum absolute atomic E-state index is 0.0943. The SMILES string of the molecule is COc1ccc(C2CC(=O)N2c2ccc(OC)cc2)cc1. The summed E-state index contributed by atoms with van der Waals surface area (Å²) >= 11 is 0. The molecule has 0 saturated carbocycles. The highest BCUT2D eigenvalue weighted by Crippen LogP contribution is 2.39. The van der Waals surface area contributed by atoms with E-state index in [0.717, 1.165) is 22.7 Å². The second-order valence-electron chi connectivity index (χ2n) is 4.95. The Labute approximate surface area is 123 Å². The maximum absolute atomic E-state index is 12.0. The van der Waals surface area contributed by atoms with Crippen LogP contribution in [0.1, 0.15) is 18.0 Å². The number of nitrogens with zero attached hydrogens (tertiary/aromatic N) is 1. The first-order valence-electron chi connectivity index (χ1n) is 6.83. The van der Waals surface area contributed by atoms with Crippen LogP contribution in [0.2, 0.25) is 0 Å². The third-order valence-corrected chi connectivity index (χ3v) is 3.80. The third kappa shape index (κ3) is 2.44. The van der Waals surface area contributed by atoms with Gasteiger partial charge in [0.15, 0.2) is 0 Å². The Morgan fingerprint density at radius 2 is 1.43 bits per heavy atom. The molecule has 1 unspecified atom stereocenters.